The number of carbonyl (C=O) groups excluding carboxylic acids is 1. The molecule has 0 aromatic carbocycles. The molecule has 1 aliphatic heterocycles. The van der Waals surface area contributed by atoms with E-state index in [0.29, 0.717) is 6.04 Å². The van der Waals surface area contributed by atoms with E-state index in [1.54, 1.807) is 7.05 Å². The van der Waals surface area contributed by atoms with Crippen LogP contribution in [-0.4, -0.2) is 61.9 Å². The van der Waals surface area contributed by atoms with Crippen molar-refractivity contribution in [2.75, 3.05) is 34.2 Å². The normalized spacial score (nSPS) is 20.9. The predicted molar refractivity (Wildman–Crippen MR) is 70.0 cm³/mol. The SMILES string of the molecule is CN=C(NC1CCN(C(=O)C(C)C)C1)N(C)C. The van der Waals surface area contributed by atoms with Gasteiger partial charge in [-0.15, -0.1) is 0 Å². The van der Waals surface area contributed by atoms with Gasteiger partial charge < -0.3 is 15.1 Å². The number of nitrogens with zero attached hydrogens (tertiary/aromatic N) is 3. The fraction of sp³-hybridized carbons (Fsp3) is 0.833. The van der Waals surface area contributed by atoms with Crippen LogP contribution in [0.1, 0.15) is 20.3 Å². The number of nitrogens with one attached hydrogen (secondary N) is 1. The van der Waals surface area contributed by atoms with Crippen LogP contribution in [0.15, 0.2) is 4.99 Å². The molecule has 0 aromatic heterocycles. The molecular weight excluding hydrogens is 216 g/mol. The molecule has 5 nitrogen and oxygen atoms in total. The Balaban J connectivity index is 2.48. The summed E-state index contributed by atoms with van der Waals surface area (Å²) in [6, 6.07) is 0.318. The van der Waals surface area contributed by atoms with Crippen molar-refractivity contribution in [3.63, 3.8) is 0 Å². The first kappa shape index (κ1) is 13.8. The van der Waals surface area contributed by atoms with Crippen molar-refractivity contribution in [3.05, 3.63) is 0 Å². The monoisotopic (exact) mass is 240 g/mol. The summed E-state index contributed by atoms with van der Waals surface area (Å²) in [4.78, 5) is 19.9. The van der Waals surface area contributed by atoms with Crippen molar-refractivity contribution in [2.24, 2.45) is 10.9 Å². The van der Waals surface area contributed by atoms with Gasteiger partial charge in [0.25, 0.3) is 0 Å². The fourth-order valence-corrected chi connectivity index (χ4v) is 2.02. The molecule has 1 saturated heterocycles. The van der Waals surface area contributed by atoms with Gasteiger partial charge in [0, 0.05) is 46.2 Å². The average Bonchev–Trinajstić information content (AvgIpc) is 2.72. The molecule has 0 aromatic rings. The summed E-state index contributed by atoms with van der Waals surface area (Å²) < 4.78 is 0. The van der Waals surface area contributed by atoms with Crippen LogP contribution in [0.2, 0.25) is 0 Å². The second kappa shape index (κ2) is 5.89. The molecule has 0 aliphatic carbocycles. The van der Waals surface area contributed by atoms with Crippen LogP contribution in [0.4, 0.5) is 0 Å². The Morgan fingerprint density at radius 2 is 2.12 bits per heavy atom. The Kier molecular flexibility index (Phi) is 4.78. The molecule has 1 heterocycles. The lowest BCUT2D eigenvalue weighted by Crippen LogP contribution is -2.44. The number of hydrogen-bond acceptors (Lipinski definition) is 2. The molecule has 0 bridgehead atoms. The Hall–Kier alpha value is -1.26. The summed E-state index contributed by atoms with van der Waals surface area (Å²) >= 11 is 0. The highest BCUT2D eigenvalue weighted by molar-refractivity contribution is 5.80. The van der Waals surface area contributed by atoms with Crippen molar-refractivity contribution in [1.82, 2.24) is 15.1 Å². The van der Waals surface area contributed by atoms with Gasteiger partial charge in [0.05, 0.1) is 0 Å². The number of carbonyl (C=O) groups is 1. The van der Waals surface area contributed by atoms with Gasteiger partial charge in [-0.2, -0.15) is 0 Å². The highest BCUT2D eigenvalue weighted by Gasteiger charge is 2.28. The zero-order valence-electron chi connectivity index (χ0n) is 11.5. The molecule has 1 fully saturated rings. The lowest BCUT2D eigenvalue weighted by Gasteiger charge is -2.22. The summed E-state index contributed by atoms with van der Waals surface area (Å²) in [7, 11) is 5.69. The molecule has 1 N–H and O–H groups in total. The molecule has 1 aliphatic rings. The Labute approximate surface area is 104 Å². The number of likely N-dealkylation sites (tertiary alicyclic amines) is 1. The van der Waals surface area contributed by atoms with Crippen LogP contribution >= 0.6 is 0 Å². The van der Waals surface area contributed by atoms with Gasteiger partial charge >= 0.3 is 0 Å². The maximum Gasteiger partial charge on any atom is 0.225 e. The molecule has 17 heavy (non-hydrogen) atoms. The minimum absolute atomic E-state index is 0.0851. The molecule has 1 amide bonds. The standard InChI is InChI=1S/C12H24N4O/c1-9(2)11(17)16-7-6-10(8-16)14-12(13-3)15(4)5/h9-10H,6-8H2,1-5H3,(H,13,14). The molecule has 1 rings (SSSR count). The van der Waals surface area contributed by atoms with E-state index in [0.717, 1.165) is 25.5 Å². The molecule has 1 unspecified atom stereocenters. The number of rotatable bonds is 2. The maximum atomic E-state index is 11.8. The second-order valence-corrected chi connectivity index (χ2v) is 5.01. The summed E-state index contributed by atoms with van der Waals surface area (Å²) in [6.45, 7) is 5.52. The first-order valence-electron chi connectivity index (χ1n) is 6.15. The first-order chi connectivity index (χ1) is 7.95. The van der Waals surface area contributed by atoms with E-state index < -0.39 is 0 Å². The molecule has 1 atom stereocenters. The van der Waals surface area contributed by atoms with Crippen molar-refractivity contribution in [3.8, 4) is 0 Å². The van der Waals surface area contributed by atoms with E-state index >= 15 is 0 Å². The summed E-state index contributed by atoms with van der Waals surface area (Å²) in [6.07, 6.45) is 0.991. The van der Waals surface area contributed by atoms with E-state index in [-0.39, 0.29) is 11.8 Å². The zero-order chi connectivity index (χ0) is 13.0. The molecule has 0 spiro atoms. The largest absolute Gasteiger partial charge is 0.352 e. The molecule has 0 radical (unpaired) electrons. The zero-order valence-corrected chi connectivity index (χ0v) is 11.5. The lowest BCUT2D eigenvalue weighted by atomic mass is 10.2. The highest BCUT2D eigenvalue weighted by atomic mass is 16.2. The number of aliphatic imine (C=N–C) groups is 1. The van der Waals surface area contributed by atoms with E-state index in [9.17, 15) is 4.79 Å². The number of guanidine groups is 1. The average molecular weight is 240 g/mol. The van der Waals surface area contributed by atoms with Gasteiger partial charge in [-0.1, -0.05) is 13.8 Å². The van der Waals surface area contributed by atoms with Crippen molar-refractivity contribution in [2.45, 2.75) is 26.3 Å². The predicted octanol–water partition coefficient (Wildman–Crippen LogP) is 0.380. The van der Waals surface area contributed by atoms with Crippen LogP contribution in [0, 0.1) is 5.92 Å². The van der Waals surface area contributed by atoms with Gasteiger partial charge in [0.1, 0.15) is 0 Å². The third-order valence-electron chi connectivity index (χ3n) is 2.96. The smallest absolute Gasteiger partial charge is 0.225 e. The minimum atomic E-state index is 0.0851. The number of hydrogen-bond donors (Lipinski definition) is 1. The van der Waals surface area contributed by atoms with Gasteiger partial charge in [-0.05, 0) is 6.42 Å². The van der Waals surface area contributed by atoms with Crippen molar-refractivity contribution in [1.29, 1.82) is 0 Å². The minimum Gasteiger partial charge on any atom is -0.352 e. The topological polar surface area (TPSA) is 47.9 Å². The number of amides is 1. The third-order valence-corrected chi connectivity index (χ3v) is 2.96. The molecule has 98 valence electrons. The van der Waals surface area contributed by atoms with Gasteiger partial charge in [-0.3, -0.25) is 9.79 Å². The second-order valence-electron chi connectivity index (χ2n) is 5.01. The summed E-state index contributed by atoms with van der Waals surface area (Å²) in [5, 5.41) is 3.37. The van der Waals surface area contributed by atoms with Crippen molar-refractivity contribution < 1.29 is 4.79 Å². The Morgan fingerprint density at radius 3 is 2.59 bits per heavy atom. The van der Waals surface area contributed by atoms with Crippen LogP contribution in [0.3, 0.4) is 0 Å². The molecule has 0 saturated carbocycles. The molecule has 5 heteroatoms. The summed E-state index contributed by atoms with van der Waals surface area (Å²) in [5.74, 6) is 1.20. The van der Waals surface area contributed by atoms with Crippen LogP contribution in [-0.2, 0) is 4.79 Å². The van der Waals surface area contributed by atoms with E-state index in [1.807, 2.05) is 37.7 Å². The maximum absolute atomic E-state index is 11.8. The third kappa shape index (κ3) is 3.61. The van der Waals surface area contributed by atoms with Crippen LogP contribution < -0.4 is 5.32 Å². The first-order valence-corrected chi connectivity index (χ1v) is 6.15. The van der Waals surface area contributed by atoms with Gasteiger partial charge in [0.15, 0.2) is 5.96 Å². The van der Waals surface area contributed by atoms with Crippen molar-refractivity contribution >= 4 is 11.9 Å². The Morgan fingerprint density at radius 1 is 1.47 bits per heavy atom. The quantitative estimate of drug-likeness (QED) is 0.561. The van der Waals surface area contributed by atoms with Crippen LogP contribution in [0.5, 0.6) is 0 Å². The fourth-order valence-electron chi connectivity index (χ4n) is 2.02. The van der Waals surface area contributed by atoms with E-state index in [4.69, 9.17) is 0 Å². The van der Waals surface area contributed by atoms with Gasteiger partial charge in [-0.25, -0.2) is 0 Å². The Bertz CT molecular complexity index is 299. The van der Waals surface area contributed by atoms with E-state index in [1.165, 1.54) is 0 Å². The van der Waals surface area contributed by atoms with Gasteiger partial charge in [0.2, 0.25) is 5.91 Å². The van der Waals surface area contributed by atoms with E-state index in [2.05, 4.69) is 10.3 Å². The highest BCUT2D eigenvalue weighted by Crippen LogP contribution is 2.12. The molecular formula is C12H24N4O. The van der Waals surface area contributed by atoms with Crippen LogP contribution in [0.25, 0.3) is 0 Å². The summed E-state index contributed by atoms with van der Waals surface area (Å²) in [5.41, 5.74) is 0. The lowest BCUT2D eigenvalue weighted by molar-refractivity contribution is -0.133.